The molecule has 2 heterocycles. The second-order valence-corrected chi connectivity index (χ2v) is 7.79. The number of hydrogen-bond donors (Lipinski definition) is 2. The minimum absolute atomic E-state index is 0.0758. The molecule has 6 nitrogen and oxygen atoms in total. The molecule has 2 fully saturated rings. The molecule has 29 heavy (non-hydrogen) atoms. The van der Waals surface area contributed by atoms with Gasteiger partial charge in [-0.1, -0.05) is 41.9 Å². The Bertz CT molecular complexity index is 952. The van der Waals surface area contributed by atoms with Gasteiger partial charge >= 0.3 is 6.03 Å². The van der Waals surface area contributed by atoms with Gasteiger partial charge in [0.05, 0.1) is 10.9 Å². The molecule has 1 unspecified atom stereocenters. The van der Waals surface area contributed by atoms with Crippen molar-refractivity contribution in [2.45, 2.75) is 31.6 Å². The number of benzene rings is 2. The maximum absolute atomic E-state index is 12.2. The molecule has 2 aromatic rings. The van der Waals surface area contributed by atoms with Crippen LogP contribution in [-0.2, 0) is 9.59 Å². The molecule has 0 spiro atoms. The molecule has 4 rings (SSSR count). The predicted molar refractivity (Wildman–Crippen MR) is 112 cm³/mol. The number of amides is 4. The van der Waals surface area contributed by atoms with Crippen LogP contribution in [0.1, 0.15) is 37.2 Å². The van der Waals surface area contributed by atoms with E-state index in [1.807, 2.05) is 47.4 Å². The Kier molecular flexibility index (Phi) is 5.53. The Morgan fingerprint density at radius 2 is 1.79 bits per heavy atom. The summed E-state index contributed by atoms with van der Waals surface area (Å²) in [5, 5.41) is 5.81. The Hall–Kier alpha value is -2.86. The average Bonchev–Trinajstić information content (AvgIpc) is 3.25. The van der Waals surface area contributed by atoms with E-state index in [1.165, 1.54) is 0 Å². The summed E-state index contributed by atoms with van der Waals surface area (Å²) in [5.74, 6) is -0.982. The van der Waals surface area contributed by atoms with Gasteiger partial charge in [0.1, 0.15) is 0 Å². The smallest absolute Gasteiger partial charge is 0.321 e. The van der Waals surface area contributed by atoms with E-state index in [4.69, 9.17) is 11.6 Å². The number of likely N-dealkylation sites (tertiary alicyclic amines) is 1. The van der Waals surface area contributed by atoms with Crippen molar-refractivity contribution in [2.24, 2.45) is 0 Å². The molecule has 150 valence electrons. The first-order valence-electron chi connectivity index (χ1n) is 9.81. The normalized spacial score (nSPS) is 19.2. The quantitative estimate of drug-likeness (QED) is 0.744. The molecule has 7 heteroatoms. The number of hydrogen-bond acceptors (Lipinski definition) is 3. The molecule has 0 saturated carbocycles. The van der Waals surface area contributed by atoms with Gasteiger partial charge in [-0.15, -0.1) is 0 Å². The summed E-state index contributed by atoms with van der Waals surface area (Å²) < 4.78 is 0. The molecule has 0 radical (unpaired) electrons. The molecule has 2 aromatic carbocycles. The lowest BCUT2D eigenvalue weighted by molar-refractivity contribution is -0.134. The number of rotatable bonds is 3. The zero-order valence-corrected chi connectivity index (χ0v) is 16.7. The number of carbonyl (C=O) groups is 3. The van der Waals surface area contributed by atoms with E-state index in [1.54, 1.807) is 0 Å². The molecular formula is C22H22ClN3O3. The molecule has 0 aromatic heterocycles. The molecule has 0 bridgehead atoms. The van der Waals surface area contributed by atoms with Crippen LogP contribution in [0.3, 0.4) is 0 Å². The van der Waals surface area contributed by atoms with Gasteiger partial charge in [0.2, 0.25) is 11.8 Å². The average molecular weight is 412 g/mol. The Labute approximate surface area is 174 Å². The summed E-state index contributed by atoms with van der Waals surface area (Å²) >= 11 is 6.65. The predicted octanol–water partition coefficient (Wildman–Crippen LogP) is 4.15. The van der Waals surface area contributed by atoms with Crippen molar-refractivity contribution in [1.82, 2.24) is 10.2 Å². The third-order valence-electron chi connectivity index (χ3n) is 5.48. The summed E-state index contributed by atoms with van der Waals surface area (Å²) in [6.45, 7) is 1.60. The topological polar surface area (TPSA) is 78.5 Å². The Morgan fingerprint density at radius 1 is 1.07 bits per heavy atom. The number of piperidine rings is 1. The third kappa shape index (κ3) is 4.12. The number of carbonyl (C=O) groups excluding carboxylic acids is 3. The lowest BCUT2D eigenvalue weighted by Crippen LogP contribution is -2.39. The van der Waals surface area contributed by atoms with E-state index in [0.717, 1.165) is 48.3 Å². The lowest BCUT2D eigenvalue weighted by Gasteiger charge is -2.23. The summed E-state index contributed by atoms with van der Waals surface area (Å²) in [6, 6.07) is 13.0. The van der Waals surface area contributed by atoms with Crippen molar-refractivity contribution in [3.05, 3.63) is 53.1 Å². The van der Waals surface area contributed by atoms with Crippen LogP contribution in [0.25, 0.3) is 11.1 Å². The lowest BCUT2D eigenvalue weighted by atomic mass is 9.88. The van der Waals surface area contributed by atoms with Gasteiger partial charge < -0.3 is 10.2 Å². The summed E-state index contributed by atoms with van der Waals surface area (Å²) in [7, 11) is 0. The number of halogens is 1. The zero-order chi connectivity index (χ0) is 20.4. The maximum Gasteiger partial charge on any atom is 0.321 e. The second-order valence-electron chi connectivity index (χ2n) is 7.41. The van der Waals surface area contributed by atoms with Crippen LogP contribution in [0.4, 0.5) is 10.5 Å². The molecular weight excluding hydrogens is 390 g/mol. The third-order valence-corrected chi connectivity index (χ3v) is 5.91. The maximum atomic E-state index is 12.2. The monoisotopic (exact) mass is 411 g/mol. The van der Waals surface area contributed by atoms with Crippen LogP contribution in [0.5, 0.6) is 0 Å². The van der Waals surface area contributed by atoms with Gasteiger partial charge in [0.25, 0.3) is 0 Å². The largest absolute Gasteiger partial charge is 0.325 e. The fourth-order valence-corrected chi connectivity index (χ4v) is 4.25. The van der Waals surface area contributed by atoms with Gasteiger partial charge in [0, 0.05) is 30.8 Å². The summed E-state index contributed by atoms with van der Waals surface area (Å²) in [4.78, 5) is 37.7. The van der Waals surface area contributed by atoms with Crippen LogP contribution in [0.2, 0.25) is 5.02 Å². The van der Waals surface area contributed by atoms with Crippen molar-refractivity contribution in [2.75, 3.05) is 18.4 Å². The highest BCUT2D eigenvalue weighted by Gasteiger charge is 2.30. The van der Waals surface area contributed by atoms with E-state index in [0.29, 0.717) is 17.9 Å². The van der Waals surface area contributed by atoms with Gasteiger partial charge in [-0.2, -0.15) is 0 Å². The molecule has 0 aliphatic carbocycles. The van der Waals surface area contributed by atoms with Gasteiger partial charge in [-0.05, 0) is 42.5 Å². The Morgan fingerprint density at radius 3 is 2.48 bits per heavy atom. The van der Waals surface area contributed by atoms with Crippen LogP contribution in [-0.4, -0.2) is 35.8 Å². The highest BCUT2D eigenvalue weighted by Crippen LogP contribution is 2.37. The number of nitrogens with one attached hydrogen (secondary N) is 2. The van der Waals surface area contributed by atoms with E-state index < -0.39 is 5.92 Å². The first-order chi connectivity index (χ1) is 14.0. The van der Waals surface area contributed by atoms with Crippen molar-refractivity contribution >= 4 is 35.1 Å². The first-order valence-corrected chi connectivity index (χ1v) is 10.2. The van der Waals surface area contributed by atoms with Crippen LogP contribution in [0.15, 0.2) is 42.5 Å². The van der Waals surface area contributed by atoms with E-state index in [2.05, 4.69) is 10.6 Å². The molecule has 4 amide bonds. The molecule has 2 aliphatic heterocycles. The van der Waals surface area contributed by atoms with Gasteiger partial charge in [-0.3, -0.25) is 14.9 Å². The standard InChI is InChI=1S/C22H22ClN3O3/c23-20-16(4-3-5-17(20)18-10-11-19(27)25-21(18)28)14-6-8-15(9-7-14)24-22(29)26-12-1-2-13-26/h3-9,18H,1-2,10-13H2,(H,24,29)(H,25,27,28). The summed E-state index contributed by atoms with van der Waals surface area (Å²) in [6.07, 6.45) is 2.86. The number of anilines is 1. The SMILES string of the molecule is O=C1CCC(c2cccc(-c3ccc(NC(=O)N4CCCC4)cc3)c2Cl)C(=O)N1. The minimum atomic E-state index is -0.431. The number of nitrogens with zero attached hydrogens (tertiary/aromatic N) is 1. The van der Waals surface area contributed by atoms with Gasteiger partial charge in [-0.25, -0.2) is 4.79 Å². The fourth-order valence-electron chi connectivity index (χ4n) is 3.89. The minimum Gasteiger partial charge on any atom is -0.325 e. The zero-order valence-electron chi connectivity index (χ0n) is 15.9. The highest BCUT2D eigenvalue weighted by atomic mass is 35.5. The number of imide groups is 1. The van der Waals surface area contributed by atoms with E-state index in [9.17, 15) is 14.4 Å². The second kappa shape index (κ2) is 8.25. The van der Waals surface area contributed by atoms with Gasteiger partial charge in [0.15, 0.2) is 0 Å². The Balaban J connectivity index is 1.53. The first kappa shape index (κ1) is 19.5. The van der Waals surface area contributed by atoms with Crippen LogP contribution in [0, 0.1) is 0 Å². The van der Waals surface area contributed by atoms with Crippen molar-refractivity contribution in [3.8, 4) is 11.1 Å². The van der Waals surface area contributed by atoms with Crippen LogP contribution >= 0.6 is 11.6 Å². The van der Waals surface area contributed by atoms with Crippen LogP contribution < -0.4 is 10.6 Å². The van der Waals surface area contributed by atoms with Crippen molar-refractivity contribution in [3.63, 3.8) is 0 Å². The molecule has 2 aliphatic rings. The molecule has 1 atom stereocenters. The molecule has 2 saturated heterocycles. The molecule has 2 N–H and O–H groups in total. The number of urea groups is 1. The fraction of sp³-hybridized carbons (Fsp3) is 0.318. The van der Waals surface area contributed by atoms with E-state index >= 15 is 0 Å². The van der Waals surface area contributed by atoms with Crippen molar-refractivity contribution in [1.29, 1.82) is 0 Å². The van der Waals surface area contributed by atoms with E-state index in [-0.39, 0.29) is 17.8 Å². The van der Waals surface area contributed by atoms with Crippen molar-refractivity contribution < 1.29 is 14.4 Å². The summed E-state index contributed by atoms with van der Waals surface area (Å²) in [5.41, 5.74) is 3.15. The highest BCUT2D eigenvalue weighted by molar-refractivity contribution is 6.34.